The monoisotopic (exact) mass is 325 g/mol. The second kappa shape index (κ2) is 7.71. The fraction of sp³-hybridized carbons (Fsp3) is 0.533. The number of rotatable bonds is 7. The van der Waals surface area contributed by atoms with Gasteiger partial charge in [0.15, 0.2) is 0 Å². The fourth-order valence-electron chi connectivity index (χ4n) is 2.58. The van der Waals surface area contributed by atoms with Crippen LogP contribution in [0, 0.1) is 5.92 Å². The molecule has 1 heterocycles. The number of carbonyl (C=O) groups is 1. The first kappa shape index (κ1) is 16.9. The summed E-state index contributed by atoms with van der Waals surface area (Å²) in [5, 5.41) is 11.2. The Hall–Kier alpha value is -1.44. The van der Waals surface area contributed by atoms with Crippen molar-refractivity contribution in [3.05, 3.63) is 29.8 Å². The lowest BCUT2D eigenvalue weighted by atomic mass is 10.0. The van der Waals surface area contributed by atoms with Crippen LogP contribution in [0.1, 0.15) is 24.8 Å². The summed E-state index contributed by atoms with van der Waals surface area (Å²) in [5.74, 6) is 0.699. The molecule has 22 heavy (non-hydrogen) atoms. The molecule has 6 nitrogen and oxygen atoms in total. The van der Waals surface area contributed by atoms with Gasteiger partial charge < -0.3 is 10.6 Å². The lowest BCUT2D eigenvalue weighted by Crippen LogP contribution is -2.26. The molecule has 0 saturated carbocycles. The van der Waals surface area contributed by atoms with Crippen LogP contribution in [-0.4, -0.2) is 34.0 Å². The van der Waals surface area contributed by atoms with Crippen molar-refractivity contribution < 1.29 is 13.2 Å². The lowest BCUT2D eigenvalue weighted by molar-refractivity contribution is -0.121. The minimum atomic E-state index is -3.64. The van der Waals surface area contributed by atoms with E-state index < -0.39 is 10.0 Å². The predicted molar refractivity (Wildman–Crippen MR) is 84.7 cm³/mol. The third-order valence-corrected chi connectivity index (χ3v) is 4.86. The predicted octanol–water partition coefficient (Wildman–Crippen LogP) is 0.382. The van der Waals surface area contributed by atoms with E-state index in [1.165, 1.54) is 12.1 Å². The number of hydrogen-bond acceptors (Lipinski definition) is 4. The van der Waals surface area contributed by atoms with E-state index in [0.717, 1.165) is 31.5 Å². The molecule has 7 heteroatoms. The average Bonchev–Trinajstić information content (AvgIpc) is 2.98. The van der Waals surface area contributed by atoms with Crippen LogP contribution in [-0.2, 0) is 21.2 Å². The number of carbonyl (C=O) groups excluding carboxylic acids is 1. The second-order valence-corrected chi connectivity index (χ2v) is 7.25. The van der Waals surface area contributed by atoms with Gasteiger partial charge in [-0.1, -0.05) is 12.1 Å². The molecular formula is C15H23N3O3S. The molecule has 1 aliphatic heterocycles. The van der Waals surface area contributed by atoms with Crippen molar-refractivity contribution in [3.63, 3.8) is 0 Å². The minimum absolute atomic E-state index is 0.0769. The summed E-state index contributed by atoms with van der Waals surface area (Å²) >= 11 is 0. The maximum Gasteiger partial charge on any atom is 0.238 e. The van der Waals surface area contributed by atoms with Crippen LogP contribution in [0.2, 0.25) is 0 Å². The Morgan fingerprint density at radius 2 is 2.05 bits per heavy atom. The number of sulfonamides is 1. The average molecular weight is 325 g/mol. The highest BCUT2D eigenvalue weighted by Gasteiger charge is 2.15. The summed E-state index contributed by atoms with van der Waals surface area (Å²) in [6.07, 6.45) is 3.32. The molecule has 1 atom stereocenters. The van der Waals surface area contributed by atoms with Crippen molar-refractivity contribution in [3.8, 4) is 0 Å². The van der Waals surface area contributed by atoms with Crippen LogP contribution < -0.4 is 15.8 Å². The minimum Gasteiger partial charge on any atom is -0.356 e. The van der Waals surface area contributed by atoms with Crippen LogP contribution in [0.3, 0.4) is 0 Å². The molecule has 1 fully saturated rings. The number of hydrogen-bond donors (Lipinski definition) is 3. The standard InChI is InChI=1S/C15H23N3O3S/c16-22(20,21)14-4-1-12(2-5-14)8-10-18-15(19)6-3-13-7-9-17-11-13/h1-2,4-5,13,17H,3,6-11H2,(H,18,19)(H2,16,20,21). The van der Waals surface area contributed by atoms with Crippen LogP contribution in [0.25, 0.3) is 0 Å². The summed E-state index contributed by atoms with van der Waals surface area (Å²) in [4.78, 5) is 11.9. The largest absolute Gasteiger partial charge is 0.356 e. The maximum absolute atomic E-state index is 11.7. The van der Waals surface area contributed by atoms with Gasteiger partial charge in [-0.2, -0.15) is 0 Å². The third kappa shape index (κ3) is 5.40. The normalized spacial score (nSPS) is 18.3. The molecule has 0 spiro atoms. The molecule has 1 amide bonds. The number of primary sulfonamides is 1. The molecule has 0 bridgehead atoms. The second-order valence-electron chi connectivity index (χ2n) is 5.69. The number of amides is 1. The zero-order valence-corrected chi connectivity index (χ0v) is 13.4. The van der Waals surface area contributed by atoms with E-state index >= 15 is 0 Å². The summed E-state index contributed by atoms with van der Waals surface area (Å²) in [7, 11) is -3.64. The molecule has 4 N–H and O–H groups in total. The van der Waals surface area contributed by atoms with Crippen molar-refractivity contribution in [2.45, 2.75) is 30.6 Å². The zero-order valence-electron chi connectivity index (χ0n) is 12.5. The summed E-state index contributed by atoms with van der Waals surface area (Å²) in [5.41, 5.74) is 0.965. The molecule has 1 aromatic carbocycles. The molecule has 0 aliphatic carbocycles. The van der Waals surface area contributed by atoms with Crippen LogP contribution in [0.4, 0.5) is 0 Å². The smallest absolute Gasteiger partial charge is 0.238 e. The Morgan fingerprint density at radius 1 is 1.32 bits per heavy atom. The van der Waals surface area contributed by atoms with E-state index in [9.17, 15) is 13.2 Å². The third-order valence-electron chi connectivity index (χ3n) is 3.93. The van der Waals surface area contributed by atoms with Gasteiger partial charge in [-0.15, -0.1) is 0 Å². The Kier molecular flexibility index (Phi) is 5.93. The Morgan fingerprint density at radius 3 is 2.64 bits per heavy atom. The highest BCUT2D eigenvalue weighted by Crippen LogP contribution is 2.14. The van der Waals surface area contributed by atoms with Gasteiger partial charge in [0, 0.05) is 13.0 Å². The van der Waals surface area contributed by atoms with Gasteiger partial charge in [-0.3, -0.25) is 4.79 Å². The molecule has 1 aromatic rings. The van der Waals surface area contributed by atoms with Gasteiger partial charge in [-0.05, 0) is 56.0 Å². The fourth-order valence-corrected chi connectivity index (χ4v) is 3.09. The highest BCUT2D eigenvalue weighted by atomic mass is 32.2. The van der Waals surface area contributed by atoms with Crippen molar-refractivity contribution in [2.75, 3.05) is 19.6 Å². The van der Waals surface area contributed by atoms with Crippen LogP contribution >= 0.6 is 0 Å². The molecule has 2 rings (SSSR count). The van der Waals surface area contributed by atoms with Crippen molar-refractivity contribution in [1.82, 2.24) is 10.6 Å². The van der Waals surface area contributed by atoms with Gasteiger partial charge in [0.25, 0.3) is 0 Å². The number of nitrogens with one attached hydrogen (secondary N) is 2. The van der Waals surface area contributed by atoms with E-state index in [0.29, 0.717) is 25.3 Å². The van der Waals surface area contributed by atoms with Crippen LogP contribution in [0.5, 0.6) is 0 Å². The topological polar surface area (TPSA) is 101 Å². The lowest BCUT2D eigenvalue weighted by Gasteiger charge is -2.09. The molecule has 1 unspecified atom stereocenters. The highest BCUT2D eigenvalue weighted by molar-refractivity contribution is 7.89. The molecule has 0 radical (unpaired) electrons. The van der Waals surface area contributed by atoms with Crippen LogP contribution in [0.15, 0.2) is 29.2 Å². The summed E-state index contributed by atoms with van der Waals surface area (Å²) in [6.45, 7) is 2.63. The van der Waals surface area contributed by atoms with Gasteiger partial charge in [0.2, 0.25) is 15.9 Å². The first-order valence-corrected chi connectivity index (χ1v) is 9.09. The molecule has 0 aromatic heterocycles. The van der Waals surface area contributed by atoms with Crippen molar-refractivity contribution >= 4 is 15.9 Å². The molecule has 1 saturated heterocycles. The van der Waals surface area contributed by atoms with E-state index in [1.807, 2.05) is 0 Å². The Balaban J connectivity index is 1.68. The van der Waals surface area contributed by atoms with E-state index in [2.05, 4.69) is 10.6 Å². The maximum atomic E-state index is 11.7. The zero-order chi connectivity index (χ0) is 16.0. The first-order valence-electron chi connectivity index (χ1n) is 7.54. The van der Waals surface area contributed by atoms with Gasteiger partial charge in [-0.25, -0.2) is 13.6 Å². The summed E-state index contributed by atoms with van der Waals surface area (Å²) in [6, 6.07) is 6.41. The quantitative estimate of drug-likeness (QED) is 0.674. The van der Waals surface area contributed by atoms with Crippen molar-refractivity contribution in [2.24, 2.45) is 11.1 Å². The SMILES string of the molecule is NS(=O)(=O)c1ccc(CCNC(=O)CCC2CCNC2)cc1. The molecule has 1 aliphatic rings. The Labute approximate surface area is 131 Å². The molecule has 122 valence electrons. The van der Waals surface area contributed by atoms with Crippen molar-refractivity contribution in [1.29, 1.82) is 0 Å². The van der Waals surface area contributed by atoms with Gasteiger partial charge in [0.1, 0.15) is 0 Å². The van der Waals surface area contributed by atoms with E-state index in [4.69, 9.17) is 5.14 Å². The van der Waals surface area contributed by atoms with E-state index in [-0.39, 0.29) is 10.8 Å². The summed E-state index contributed by atoms with van der Waals surface area (Å²) < 4.78 is 22.3. The number of nitrogens with two attached hydrogens (primary N) is 1. The Bertz CT molecular complexity index is 593. The van der Waals surface area contributed by atoms with E-state index in [1.54, 1.807) is 12.1 Å². The van der Waals surface area contributed by atoms with Gasteiger partial charge in [0.05, 0.1) is 4.90 Å². The first-order chi connectivity index (χ1) is 10.4. The van der Waals surface area contributed by atoms with Gasteiger partial charge >= 0.3 is 0 Å². The molecular weight excluding hydrogens is 302 g/mol. The number of benzene rings is 1.